The molecule has 3 rings (SSSR count). The summed E-state index contributed by atoms with van der Waals surface area (Å²) in [5, 5.41) is 5.60. The van der Waals surface area contributed by atoms with Crippen LogP contribution in [0.4, 0.5) is 11.4 Å². The summed E-state index contributed by atoms with van der Waals surface area (Å²) in [5.74, 6) is 1.24. The van der Waals surface area contributed by atoms with E-state index in [1.165, 1.54) is 0 Å². The molecule has 0 aliphatic rings. The summed E-state index contributed by atoms with van der Waals surface area (Å²) in [7, 11) is 0. The van der Waals surface area contributed by atoms with Crippen LogP contribution in [0.1, 0.15) is 35.1 Å². The van der Waals surface area contributed by atoms with Crippen molar-refractivity contribution >= 4 is 23.2 Å². The van der Waals surface area contributed by atoms with Gasteiger partial charge in [0.05, 0.1) is 0 Å². The number of furan rings is 1. The zero-order valence-electron chi connectivity index (χ0n) is 14.8. The zero-order chi connectivity index (χ0) is 18.7. The Morgan fingerprint density at radius 3 is 2.23 bits per heavy atom. The quantitative estimate of drug-likeness (QED) is 0.735. The van der Waals surface area contributed by atoms with Gasteiger partial charge in [0.2, 0.25) is 5.91 Å². The van der Waals surface area contributed by atoms with Crippen LogP contribution in [0.3, 0.4) is 0 Å². The van der Waals surface area contributed by atoms with E-state index in [4.69, 9.17) is 4.42 Å². The summed E-state index contributed by atoms with van der Waals surface area (Å²) in [6.07, 6.45) is 3.44. The fourth-order valence-electron chi connectivity index (χ4n) is 2.56. The molecule has 0 aliphatic carbocycles. The van der Waals surface area contributed by atoms with Gasteiger partial charge in [-0.1, -0.05) is 0 Å². The molecule has 0 radical (unpaired) electrons. The molecule has 0 spiro atoms. The van der Waals surface area contributed by atoms with Crippen molar-refractivity contribution in [1.82, 2.24) is 9.55 Å². The van der Waals surface area contributed by atoms with Crippen LogP contribution in [0.5, 0.6) is 0 Å². The van der Waals surface area contributed by atoms with E-state index in [1.54, 1.807) is 60.3 Å². The number of carbonyl (C=O) groups excluding carboxylic acids is 2. The van der Waals surface area contributed by atoms with Crippen molar-refractivity contribution in [3.63, 3.8) is 0 Å². The molecular formula is C19H20N4O3. The van der Waals surface area contributed by atoms with Crippen molar-refractivity contribution in [3.8, 4) is 0 Å². The lowest BCUT2D eigenvalue weighted by Gasteiger charge is -2.15. The van der Waals surface area contributed by atoms with E-state index in [-0.39, 0.29) is 23.6 Å². The molecule has 0 bridgehead atoms. The first-order chi connectivity index (χ1) is 12.4. The number of carbonyl (C=O) groups is 2. The first-order valence-electron chi connectivity index (χ1n) is 8.22. The number of nitrogens with zero attached hydrogens (tertiary/aromatic N) is 2. The Balaban J connectivity index is 1.61. The fraction of sp³-hybridized carbons (Fsp3) is 0.211. The molecule has 0 saturated heterocycles. The number of benzene rings is 1. The minimum absolute atomic E-state index is 0.144. The van der Waals surface area contributed by atoms with Crippen LogP contribution in [0.15, 0.2) is 53.2 Å². The van der Waals surface area contributed by atoms with E-state index in [1.807, 2.05) is 13.8 Å². The van der Waals surface area contributed by atoms with Gasteiger partial charge in [-0.2, -0.15) is 0 Å². The van der Waals surface area contributed by atoms with Crippen LogP contribution in [-0.4, -0.2) is 21.4 Å². The third-order valence-electron chi connectivity index (χ3n) is 4.03. The summed E-state index contributed by atoms with van der Waals surface area (Å²) in [4.78, 5) is 28.6. The van der Waals surface area contributed by atoms with Gasteiger partial charge in [0.25, 0.3) is 5.91 Å². The maximum Gasteiger partial charge on any atom is 0.291 e. The second kappa shape index (κ2) is 7.26. The highest BCUT2D eigenvalue weighted by Gasteiger charge is 2.16. The highest BCUT2D eigenvalue weighted by atomic mass is 16.3. The molecule has 2 amide bonds. The molecule has 1 atom stereocenters. The first kappa shape index (κ1) is 17.5. The largest absolute Gasteiger partial charge is 0.456 e. The van der Waals surface area contributed by atoms with E-state index in [0.717, 1.165) is 5.82 Å². The van der Waals surface area contributed by atoms with Gasteiger partial charge in [-0.3, -0.25) is 9.59 Å². The van der Waals surface area contributed by atoms with Gasteiger partial charge >= 0.3 is 0 Å². The third kappa shape index (κ3) is 3.83. The predicted octanol–water partition coefficient (Wildman–Crippen LogP) is 3.54. The van der Waals surface area contributed by atoms with Gasteiger partial charge < -0.3 is 19.6 Å². The summed E-state index contributed by atoms with van der Waals surface area (Å²) < 4.78 is 7.09. The molecule has 2 heterocycles. The summed E-state index contributed by atoms with van der Waals surface area (Å²) in [5.41, 5.74) is 1.26. The van der Waals surface area contributed by atoms with Gasteiger partial charge in [-0.05, 0) is 57.2 Å². The average Bonchev–Trinajstić information content (AvgIpc) is 3.24. The third-order valence-corrected chi connectivity index (χ3v) is 4.03. The Morgan fingerprint density at radius 2 is 1.69 bits per heavy atom. The molecule has 1 aromatic carbocycles. The second-order valence-corrected chi connectivity index (χ2v) is 5.99. The molecule has 134 valence electrons. The maximum absolute atomic E-state index is 12.4. The van der Waals surface area contributed by atoms with Crippen LogP contribution in [0, 0.1) is 13.8 Å². The Hall–Kier alpha value is -3.35. The van der Waals surface area contributed by atoms with E-state index < -0.39 is 0 Å². The molecule has 7 heteroatoms. The minimum atomic E-state index is -0.376. The molecule has 0 saturated carbocycles. The van der Waals surface area contributed by atoms with Crippen LogP contribution in [0.2, 0.25) is 0 Å². The van der Waals surface area contributed by atoms with E-state index in [9.17, 15) is 9.59 Å². The number of nitrogens with one attached hydrogen (secondary N) is 2. The lowest BCUT2D eigenvalue weighted by atomic mass is 10.2. The van der Waals surface area contributed by atoms with Crippen molar-refractivity contribution in [2.75, 3.05) is 10.6 Å². The molecular weight excluding hydrogens is 332 g/mol. The summed E-state index contributed by atoms with van der Waals surface area (Å²) >= 11 is 0. The number of hydrogen-bond donors (Lipinski definition) is 2. The topological polar surface area (TPSA) is 89.2 Å². The zero-order valence-corrected chi connectivity index (χ0v) is 14.8. The number of aryl methyl sites for hydroxylation is 2. The highest BCUT2D eigenvalue weighted by Crippen LogP contribution is 2.17. The van der Waals surface area contributed by atoms with Crippen molar-refractivity contribution in [2.45, 2.75) is 26.8 Å². The standard InChI is InChI=1S/C19H20N4O3/c1-12-4-9-17(26-12)19(25)22-16-7-5-15(6-8-16)21-18(24)13(2)23-11-10-20-14(23)3/h4-11,13H,1-3H3,(H,21,24)(H,22,25)/t13-/m0/s1. The number of hydrogen-bond acceptors (Lipinski definition) is 4. The smallest absolute Gasteiger partial charge is 0.291 e. The molecule has 7 nitrogen and oxygen atoms in total. The Labute approximate surface area is 151 Å². The Kier molecular flexibility index (Phi) is 4.88. The maximum atomic E-state index is 12.4. The fourth-order valence-corrected chi connectivity index (χ4v) is 2.56. The van der Waals surface area contributed by atoms with E-state index in [2.05, 4.69) is 15.6 Å². The summed E-state index contributed by atoms with van der Waals surface area (Å²) in [6, 6.07) is 9.88. The van der Waals surface area contributed by atoms with Crippen molar-refractivity contribution in [1.29, 1.82) is 0 Å². The molecule has 0 unspecified atom stereocenters. The lowest BCUT2D eigenvalue weighted by Crippen LogP contribution is -2.24. The molecule has 2 N–H and O–H groups in total. The van der Waals surface area contributed by atoms with Crippen LogP contribution < -0.4 is 10.6 Å². The van der Waals surface area contributed by atoms with Gasteiger partial charge in [-0.15, -0.1) is 0 Å². The second-order valence-electron chi connectivity index (χ2n) is 5.99. The van der Waals surface area contributed by atoms with Gasteiger partial charge in [0.1, 0.15) is 17.6 Å². The molecule has 0 fully saturated rings. The van der Waals surface area contributed by atoms with Gasteiger partial charge in [-0.25, -0.2) is 4.98 Å². The van der Waals surface area contributed by atoms with Crippen molar-refractivity contribution < 1.29 is 14.0 Å². The number of anilines is 2. The number of amides is 2. The summed E-state index contributed by atoms with van der Waals surface area (Å²) in [6.45, 7) is 5.44. The molecule has 0 aliphatic heterocycles. The van der Waals surface area contributed by atoms with Crippen LogP contribution in [0.25, 0.3) is 0 Å². The minimum Gasteiger partial charge on any atom is -0.456 e. The molecule has 26 heavy (non-hydrogen) atoms. The van der Waals surface area contributed by atoms with Crippen molar-refractivity contribution in [3.05, 3.63) is 66.1 Å². The van der Waals surface area contributed by atoms with Gasteiger partial charge in [0.15, 0.2) is 5.76 Å². The first-order valence-corrected chi connectivity index (χ1v) is 8.22. The number of aromatic nitrogens is 2. The van der Waals surface area contributed by atoms with Crippen LogP contribution in [-0.2, 0) is 4.79 Å². The molecule has 2 aromatic heterocycles. The van der Waals surface area contributed by atoms with E-state index in [0.29, 0.717) is 17.1 Å². The Morgan fingerprint density at radius 1 is 1.04 bits per heavy atom. The monoisotopic (exact) mass is 352 g/mol. The SMILES string of the molecule is Cc1ccc(C(=O)Nc2ccc(NC(=O)[C@H](C)n3ccnc3C)cc2)o1. The normalized spacial score (nSPS) is 11.8. The molecule has 3 aromatic rings. The van der Waals surface area contributed by atoms with Crippen molar-refractivity contribution in [2.24, 2.45) is 0 Å². The Bertz CT molecular complexity index is 924. The lowest BCUT2D eigenvalue weighted by molar-refractivity contribution is -0.118. The van der Waals surface area contributed by atoms with Gasteiger partial charge in [0, 0.05) is 23.8 Å². The van der Waals surface area contributed by atoms with Crippen LogP contribution >= 0.6 is 0 Å². The highest BCUT2D eigenvalue weighted by molar-refractivity contribution is 6.02. The number of imidazole rings is 1. The number of rotatable bonds is 5. The predicted molar refractivity (Wildman–Crippen MR) is 98.1 cm³/mol. The van der Waals surface area contributed by atoms with E-state index >= 15 is 0 Å². The average molecular weight is 352 g/mol.